The Hall–Kier alpha value is -3.12. The van der Waals surface area contributed by atoms with Gasteiger partial charge in [-0.1, -0.05) is 6.08 Å². The predicted octanol–water partition coefficient (Wildman–Crippen LogP) is 1.08. The molecule has 0 heterocycles. The van der Waals surface area contributed by atoms with Gasteiger partial charge in [-0.15, -0.1) is 0 Å². The molecule has 6 heteroatoms. The SMILES string of the molecule is N#CC(C#N)=C(N)C=Cc1cc(O)c(O)c(O)c1. The van der Waals surface area contributed by atoms with Gasteiger partial charge in [0.2, 0.25) is 0 Å². The lowest BCUT2D eigenvalue weighted by Crippen LogP contribution is -1.96. The van der Waals surface area contributed by atoms with E-state index in [4.69, 9.17) is 21.4 Å². The number of phenolic OH excluding ortho intramolecular Hbond substituents is 3. The highest BCUT2D eigenvalue weighted by molar-refractivity contribution is 5.62. The van der Waals surface area contributed by atoms with Crippen molar-refractivity contribution in [2.24, 2.45) is 5.73 Å². The third kappa shape index (κ3) is 2.71. The fourth-order valence-electron chi connectivity index (χ4n) is 1.15. The second-order valence-electron chi connectivity index (χ2n) is 3.30. The Balaban J connectivity index is 3.11. The van der Waals surface area contributed by atoms with Gasteiger partial charge in [-0.3, -0.25) is 0 Å². The van der Waals surface area contributed by atoms with Crippen LogP contribution >= 0.6 is 0 Å². The summed E-state index contributed by atoms with van der Waals surface area (Å²) in [5, 5.41) is 44.8. The van der Waals surface area contributed by atoms with Crippen LogP contribution in [0, 0.1) is 22.7 Å². The lowest BCUT2D eigenvalue weighted by atomic mass is 10.1. The van der Waals surface area contributed by atoms with Crippen LogP contribution in [0.1, 0.15) is 5.56 Å². The summed E-state index contributed by atoms with van der Waals surface area (Å²) >= 11 is 0. The van der Waals surface area contributed by atoms with Gasteiger partial charge in [-0.25, -0.2) is 0 Å². The number of phenols is 3. The van der Waals surface area contributed by atoms with E-state index in [2.05, 4.69) is 0 Å². The van der Waals surface area contributed by atoms with Crippen LogP contribution in [-0.4, -0.2) is 15.3 Å². The van der Waals surface area contributed by atoms with Crippen molar-refractivity contribution in [1.29, 1.82) is 10.5 Å². The quantitative estimate of drug-likeness (QED) is 0.348. The number of nitrogens with two attached hydrogens (primary N) is 1. The largest absolute Gasteiger partial charge is 0.504 e. The molecule has 1 aromatic carbocycles. The molecule has 90 valence electrons. The van der Waals surface area contributed by atoms with E-state index in [1.807, 2.05) is 0 Å². The molecule has 18 heavy (non-hydrogen) atoms. The van der Waals surface area contributed by atoms with Crippen molar-refractivity contribution >= 4 is 6.08 Å². The summed E-state index contributed by atoms with van der Waals surface area (Å²) < 4.78 is 0. The van der Waals surface area contributed by atoms with Gasteiger partial charge in [0, 0.05) is 0 Å². The van der Waals surface area contributed by atoms with Crippen LogP contribution in [0.2, 0.25) is 0 Å². The van der Waals surface area contributed by atoms with Gasteiger partial charge in [0.05, 0.1) is 5.70 Å². The Morgan fingerprint density at radius 2 is 1.61 bits per heavy atom. The lowest BCUT2D eigenvalue weighted by molar-refractivity contribution is 0.368. The maximum Gasteiger partial charge on any atom is 0.200 e. The Morgan fingerprint density at radius 1 is 1.11 bits per heavy atom. The van der Waals surface area contributed by atoms with Crippen molar-refractivity contribution in [1.82, 2.24) is 0 Å². The molecule has 0 saturated heterocycles. The molecule has 0 spiro atoms. The summed E-state index contributed by atoms with van der Waals surface area (Å²) in [7, 11) is 0. The highest BCUT2D eigenvalue weighted by atomic mass is 16.3. The van der Waals surface area contributed by atoms with Gasteiger partial charge in [0.1, 0.15) is 12.1 Å². The van der Waals surface area contributed by atoms with Crippen LogP contribution in [0.25, 0.3) is 6.08 Å². The fourth-order valence-corrected chi connectivity index (χ4v) is 1.15. The first kappa shape index (κ1) is 12.9. The molecule has 6 nitrogen and oxygen atoms in total. The van der Waals surface area contributed by atoms with Gasteiger partial charge in [-0.05, 0) is 23.8 Å². The second kappa shape index (κ2) is 5.28. The Labute approximate surface area is 103 Å². The predicted molar refractivity (Wildman–Crippen MR) is 62.9 cm³/mol. The number of nitriles is 2. The zero-order valence-electron chi connectivity index (χ0n) is 9.12. The van der Waals surface area contributed by atoms with E-state index in [1.165, 1.54) is 24.3 Å². The first-order valence-electron chi connectivity index (χ1n) is 4.72. The van der Waals surface area contributed by atoms with Gasteiger partial charge >= 0.3 is 0 Å². The monoisotopic (exact) mass is 243 g/mol. The maximum absolute atomic E-state index is 9.26. The van der Waals surface area contributed by atoms with Crippen molar-refractivity contribution in [3.8, 4) is 29.4 Å². The van der Waals surface area contributed by atoms with Crippen molar-refractivity contribution in [3.05, 3.63) is 35.0 Å². The summed E-state index contributed by atoms with van der Waals surface area (Å²) in [4.78, 5) is 0. The van der Waals surface area contributed by atoms with Crippen molar-refractivity contribution < 1.29 is 15.3 Å². The number of hydrogen-bond acceptors (Lipinski definition) is 6. The van der Waals surface area contributed by atoms with Crippen LogP contribution in [0.3, 0.4) is 0 Å². The summed E-state index contributed by atoms with van der Waals surface area (Å²) in [6.45, 7) is 0. The molecule has 0 radical (unpaired) electrons. The molecule has 0 aliphatic rings. The number of hydrogen-bond donors (Lipinski definition) is 4. The summed E-state index contributed by atoms with van der Waals surface area (Å²) in [6, 6.07) is 5.63. The Kier molecular flexibility index (Phi) is 3.80. The molecule has 1 rings (SSSR count). The molecule has 0 amide bonds. The number of benzene rings is 1. The first-order chi connectivity index (χ1) is 8.49. The molecule has 0 aliphatic carbocycles. The average Bonchev–Trinajstić information content (AvgIpc) is 2.34. The van der Waals surface area contributed by atoms with Crippen LogP contribution in [-0.2, 0) is 0 Å². The summed E-state index contributed by atoms with van der Waals surface area (Å²) in [5.41, 5.74) is 5.54. The molecule has 0 aliphatic heterocycles. The minimum atomic E-state index is -0.620. The zero-order valence-corrected chi connectivity index (χ0v) is 9.12. The van der Waals surface area contributed by atoms with Crippen molar-refractivity contribution in [2.45, 2.75) is 0 Å². The molecule has 0 saturated carbocycles. The highest BCUT2D eigenvalue weighted by Crippen LogP contribution is 2.35. The highest BCUT2D eigenvalue weighted by Gasteiger charge is 2.06. The topological polar surface area (TPSA) is 134 Å². The van der Waals surface area contributed by atoms with Crippen LogP contribution in [0.4, 0.5) is 0 Å². The molecular weight excluding hydrogens is 234 g/mol. The number of nitrogens with zero attached hydrogens (tertiary/aromatic N) is 2. The molecular formula is C12H9N3O3. The molecule has 0 bridgehead atoms. The number of allylic oxidation sites excluding steroid dienone is 2. The van der Waals surface area contributed by atoms with Gasteiger partial charge in [0.25, 0.3) is 0 Å². The summed E-state index contributed by atoms with van der Waals surface area (Å²) in [6.07, 6.45) is 2.66. The van der Waals surface area contributed by atoms with E-state index in [0.29, 0.717) is 5.56 Å². The van der Waals surface area contributed by atoms with Gasteiger partial charge in [0.15, 0.2) is 22.8 Å². The third-order valence-electron chi connectivity index (χ3n) is 2.06. The Morgan fingerprint density at radius 3 is 2.06 bits per heavy atom. The molecule has 5 N–H and O–H groups in total. The first-order valence-corrected chi connectivity index (χ1v) is 4.72. The van der Waals surface area contributed by atoms with E-state index >= 15 is 0 Å². The van der Waals surface area contributed by atoms with Crippen molar-refractivity contribution in [3.63, 3.8) is 0 Å². The number of rotatable bonds is 2. The van der Waals surface area contributed by atoms with Gasteiger partial charge < -0.3 is 21.1 Å². The molecule has 0 aromatic heterocycles. The second-order valence-corrected chi connectivity index (χ2v) is 3.30. The third-order valence-corrected chi connectivity index (χ3v) is 2.06. The standard InChI is InChI=1S/C12H9N3O3/c13-5-8(6-14)9(15)2-1-7-3-10(16)12(18)11(17)4-7/h1-4,16-18H,15H2. The maximum atomic E-state index is 9.26. The van der Waals surface area contributed by atoms with Crippen LogP contribution < -0.4 is 5.73 Å². The lowest BCUT2D eigenvalue weighted by Gasteiger charge is -2.02. The fraction of sp³-hybridized carbons (Fsp3) is 0. The van der Waals surface area contributed by atoms with Crippen molar-refractivity contribution in [2.75, 3.05) is 0 Å². The average molecular weight is 243 g/mol. The van der Waals surface area contributed by atoms with Crippen LogP contribution in [0.5, 0.6) is 17.2 Å². The summed E-state index contributed by atoms with van der Waals surface area (Å²) in [5.74, 6) is -1.60. The molecule has 0 atom stereocenters. The molecule has 0 unspecified atom stereocenters. The minimum Gasteiger partial charge on any atom is -0.504 e. The number of aromatic hydroxyl groups is 3. The van der Waals surface area contributed by atoms with E-state index in [9.17, 15) is 10.2 Å². The minimum absolute atomic E-state index is 0.0351. The van der Waals surface area contributed by atoms with E-state index in [0.717, 1.165) is 0 Å². The molecule has 1 aromatic rings. The van der Waals surface area contributed by atoms with Crippen LogP contribution in [0.15, 0.2) is 29.5 Å². The normalized spacial score (nSPS) is 9.67. The van der Waals surface area contributed by atoms with E-state index < -0.39 is 17.2 Å². The van der Waals surface area contributed by atoms with E-state index in [-0.39, 0.29) is 11.3 Å². The molecule has 0 fully saturated rings. The van der Waals surface area contributed by atoms with E-state index in [1.54, 1.807) is 12.1 Å². The smallest absolute Gasteiger partial charge is 0.200 e. The Bertz CT molecular complexity index is 579. The van der Waals surface area contributed by atoms with Gasteiger partial charge in [-0.2, -0.15) is 10.5 Å². The zero-order chi connectivity index (χ0) is 13.7.